The number of ether oxygens (including phenoxy) is 3. The van der Waals surface area contributed by atoms with Gasteiger partial charge < -0.3 is 19.1 Å². The second kappa shape index (κ2) is 12.3. The summed E-state index contributed by atoms with van der Waals surface area (Å²) in [5.41, 5.74) is 2.03. The summed E-state index contributed by atoms with van der Waals surface area (Å²) in [7, 11) is 4.66. The largest absolute Gasteiger partial charge is 0.497 e. The molecule has 0 N–H and O–H groups in total. The first kappa shape index (κ1) is 26.8. The summed E-state index contributed by atoms with van der Waals surface area (Å²) in [5, 5.41) is 5.90. The van der Waals surface area contributed by atoms with Crippen LogP contribution in [0.15, 0.2) is 77.9 Å². The van der Waals surface area contributed by atoms with Gasteiger partial charge in [-0.15, -0.1) is 0 Å². The van der Waals surface area contributed by atoms with Gasteiger partial charge in [-0.3, -0.25) is 9.59 Å². The standard InChI is InChI=1S/C29H30FN3O5/c1-36-17-16-32(29(35)21-10-14-23(38-3)15-11-21)19-28(34)33-27(20-8-12-22(37-2)13-9-20)18-26(31-33)24-6-4-5-7-25(24)30/h4-15,27H,16-19H2,1-3H3. The van der Waals surface area contributed by atoms with Crippen LogP contribution in [0, 0.1) is 5.82 Å². The molecule has 0 fully saturated rings. The van der Waals surface area contributed by atoms with E-state index in [0.29, 0.717) is 34.8 Å². The molecule has 0 radical (unpaired) electrons. The molecule has 1 aliphatic rings. The van der Waals surface area contributed by atoms with Crippen molar-refractivity contribution in [2.24, 2.45) is 5.10 Å². The summed E-state index contributed by atoms with van der Waals surface area (Å²) in [6, 6.07) is 19.9. The molecule has 8 nitrogen and oxygen atoms in total. The Kier molecular flexibility index (Phi) is 8.70. The minimum Gasteiger partial charge on any atom is -0.497 e. The fourth-order valence-corrected chi connectivity index (χ4v) is 4.29. The van der Waals surface area contributed by atoms with Crippen LogP contribution in [0.4, 0.5) is 4.39 Å². The van der Waals surface area contributed by atoms with Crippen molar-refractivity contribution in [2.45, 2.75) is 12.5 Å². The number of methoxy groups -OCH3 is 3. The predicted molar refractivity (Wildman–Crippen MR) is 141 cm³/mol. The smallest absolute Gasteiger partial charge is 0.262 e. The lowest BCUT2D eigenvalue weighted by molar-refractivity contribution is -0.133. The van der Waals surface area contributed by atoms with Crippen LogP contribution >= 0.6 is 0 Å². The Labute approximate surface area is 221 Å². The average molecular weight is 520 g/mol. The maximum atomic E-state index is 14.6. The minimum absolute atomic E-state index is 0.206. The third-order valence-corrected chi connectivity index (χ3v) is 6.37. The number of hydrogen-bond donors (Lipinski definition) is 0. The number of amides is 2. The van der Waals surface area contributed by atoms with E-state index < -0.39 is 17.8 Å². The summed E-state index contributed by atoms with van der Waals surface area (Å²) in [6.45, 7) is 0.230. The Morgan fingerprint density at radius 1 is 0.947 bits per heavy atom. The van der Waals surface area contributed by atoms with Crippen molar-refractivity contribution in [1.29, 1.82) is 0 Å². The Bertz CT molecular complexity index is 1290. The van der Waals surface area contributed by atoms with E-state index in [0.717, 1.165) is 5.56 Å². The lowest BCUT2D eigenvalue weighted by atomic mass is 9.98. The summed E-state index contributed by atoms with van der Waals surface area (Å²) >= 11 is 0. The van der Waals surface area contributed by atoms with Gasteiger partial charge >= 0.3 is 0 Å². The molecular weight excluding hydrogens is 489 g/mol. The normalized spacial score (nSPS) is 14.7. The van der Waals surface area contributed by atoms with E-state index in [2.05, 4.69) is 5.10 Å². The fourth-order valence-electron chi connectivity index (χ4n) is 4.29. The van der Waals surface area contributed by atoms with Crippen molar-refractivity contribution < 1.29 is 28.2 Å². The van der Waals surface area contributed by atoms with E-state index in [-0.39, 0.29) is 25.6 Å². The molecule has 0 saturated carbocycles. The van der Waals surface area contributed by atoms with Crippen molar-refractivity contribution in [3.05, 3.63) is 95.3 Å². The molecule has 38 heavy (non-hydrogen) atoms. The first-order chi connectivity index (χ1) is 18.4. The highest BCUT2D eigenvalue weighted by molar-refractivity contribution is 6.04. The van der Waals surface area contributed by atoms with Gasteiger partial charge in [0.1, 0.15) is 23.9 Å². The zero-order valence-electron chi connectivity index (χ0n) is 21.6. The fraction of sp³-hybridized carbons (Fsp3) is 0.276. The molecule has 0 aliphatic carbocycles. The molecule has 0 aromatic heterocycles. The van der Waals surface area contributed by atoms with Gasteiger partial charge in [0.05, 0.1) is 32.6 Å². The van der Waals surface area contributed by atoms with Crippen LogP contribution < -0.4 is 9.47 Å². The molecule has 1 aliphatic heterocycles. The predicted octanol–water partition coefficient (Wildman–Crippen LogP) is 4.31. The van der Waals surface area contributed by atoms with Gasteiger partial charge in [-0.25, -0.2) is 9.40 Å². The van der Waals surface area contributed by atoms with Crippen LogP contribution in [0.3, 0.4) is 0 Å². The van der Waals surface area contributed by atoms with Crippen molar-refractivity contribution in [2.75, 3.05) is 41.0 Å². The molecule has 0 bridgehead atoms. The van der Waals surface area contributed by atoms with Gasteiger partial charge in [-0.05, 0) is 48.0 Å². The van der Waals surface area contributed by atoms with E-state index in [1.807, 2.05) is 12.1 Å². The summed E-state index contributed by atoms with van der Waals surface area (Å²) in [5.74, 6) is 0.170. The molecule has 1 unspecified atom stereocenters. The summed E-state index contributed by atoms with van der Waals surface area (Å²) < 4.78 is 30.2. The van der Waals surface area contributed by atoms with E-state index in [4.69, 9.17) is 14.2 Å². The van der Waals surface area contributed by atoms with Gasteiger partial charge in [0.25, 0.3) is 11.8 Å². The van der Waals surface area contributed by atoms with Crippen molar-refractivity contribution in [3.63, 3.8) is 0 Å². The minimum atomic E-state index is -0.469. The van der Waals surface area contributed by atoms with Gasteiger partial charge in [0.2, 0.25) is 0 Å². The van der Waals surface area contributed by atoms with E-state index in [1.54, 1.807) is 68.8 Å². The van der Waals surface area contributed by atoms with Crippen LogP contribution in [0.1, 0.15) is 33.9 Å². The van der Waals surface area contributed by atoms with Crippen molar-refractivity contribution in [3.8, 4) is 11.5 Å². The van der Waals surface area contributed by atoms with Crippen LogP contribution in [0.2, 0.25) is 0 Å². The van der Waals surface area contributed by atoms with Gasteiger partial charge in [0.15, 0.2) is 0 Å². The third-order valence-electron chi connectivity index (χ3n) is 6.37. The number of carbonyl (C=O) groups is 2. The van der Waals surface area contributed by atoms with Gasteiger partial charge in [0, 0.05) is 31.2 Å². The molecule has 2 amide bonds. The highest BCUT2D eigenvalue weighted by atomic mass is 19.1. The maximum absolute atomic E-state index is 14.6. The molecule has 1 heterocycles. The molecule has 3 aromatic rings. The first-order valence-electron chi connectivity index (χ1n) is 12.2. The highest BCUT2D eigenvalue weighted by Gasteiger charge is 2.35. The Morgan fingerprint density at radius 3 is 2.18 bits per heavy atom. The van der Waals surface area contributed by atoms with Gasteiger partial charge in [-0.1, -0.05) is 30.3 Å². The van der Waals surface area contributed by atoms with Crippen LogP contribution in [0.25, 0.3) is 0 Å². The first-order valence-corrected chi connectivity index (χ1v) is 12.2. The van der Waals surface area contributed by atoms with E-state index in [1.165, 1.54) is 23.1 Å². The number of benzene rings is 3. The molecule has 0 saturated heterocycles. The van der Waals surface area contributed by atoms with Crippen LogP contribution in [-0.2, 0) is 9.53 Å². The molecule has 9 heteroatoms. The summed E-state index contributed by atoms with van der Waals surface area (Å²) in [4.78, 5) is 28.4. The molecule has 1 atom stereocenters. The molecular formula is C29H30FN3O5. The SMILES string of the molecule is COCCN(CC(=O)N1N=C(c2ccccc2F)CC1c1ccc(OC)cc1)C(=O)c1ccc(OC)cc1. The number of carbonyl (C=O) groups excluding carboxylic acids is 2. The van der Waals surface area contributed by atoms with Crippen LogP contribution in [-0.4, -0.2) is 68.5 Å². The van der Waals surface area contributed by atoms with Gasteiger partial charge in [-0.2, -0.15) is 5.10 Å². The second-order valence-electron chi connectivity index (χ2n) is 8.71. The molecule has 3 aromatic carbocycles. The van der Waals surface area contributed by atoms with E-state index in [9.17, 15) is 14.0 Å². The monoisotopic (exact) mass is 519 g/mol. The van der Waals surface area contributed by atoms with E-state index >= 15 is 0 Å². The van der Waals surface area contributed by atoms with Crippen LogP contribution in [0.5, 0.6) is 11.5 Å². The molecule has 198 valence electrons. The number of hydrazone groups is 1. The zero-order valence-corrected chi connectivity index (χ0v) is 21.6. The average Bonchev–Trinajstić information content (AvgIpc) is 3.40. The molecule has 0 spiro atoms. The maximum Gasteiger partial charge on any atom is 0.262 e. The number of rotatable bonds is 10. The number of nitrogens with zero attached hydrogens (tertiary/aromatic N) is 3. The third kappa shape index (κ3) is 6.00. The van der Waals surface area contributed by atoms with Crippen molar-refractivity contribution in [1.82, 2.24) is 9.91 Å². The quantitative estimate of drug-likeness (QED) is 0.399. The Balaban J connectivity index is 1.63. The van der Waals surface area contributed by atoms with Crippen molar-refractivity contribution >= 4 is 17.5 Å². The highest BCUT2D eigenvalue weighted by Crippen LogP contribution is 2.34. The zero-order chi connectivity index (χ0) is 27.1. The Hall–Kier alpha value is -4.24. The summed E-state index contributed by atoms with van der Waals surface area (Å²) in [6.07, 6.45) is 0.323. The topological polar surface area (TPSA) is 80.7 Å². The molecule has 4 rings (SSSR count). The number of halogens is 1. The lowest BCUT2D eigenvalue weighted by Crippen LogP contribution is -2.42. The Morgan fingerprint density at radius 2 is 1.58 bits per heavy atom. The lowest BCUT2D eigenvalue weighted by Gasteiger charge is -2.27. The number of hydrogen-bond acceptors (Lipinski definition) is 6. The second-order valence-corrected chi connectivity index (χ2v) is 8.71.